The Labute approximate surface area is 230 Å². The van der Waals surface area contributed by atoms with Crippen molar-refractivity contribution in [3.63, 3.8) is 0 Å². The molecule has 0 bridgehead atoms. The number of ether oxygens (including phenoxy) is 1. The summed E-state index contributed by atoms with van der Waals surface area (Å²) in [6.45, 7) is 2.20. The van der Waals surface area contributed by atoms with Gasteiger partial charge in [0.15, 0.2) is 0 Å². The van der Waals surface area contributed by atoms with Gasteiger partial charge in [-0.25, -0.2) is 18.3 Å². The Bertz CT molecular complexity index is 1700. The molecule has 40 heavy (non-hydrogen) atoms. The molecule has 202 valence electrons. The van der Waals surface area contributed by atoms with Gasteiger partial charge in [0.25, 0.3) is 0 Å². The molecule has 0 spiro atoms. The van der Waals surface area contributed by atoms with Crippen molar-refractivity contribution in [2.75, 3.05) is 12.4 Å². The summed E-state index contributed by atoms with van der Waals surface area (Å²) < 4.78 is 38.0. The predicted molar refractivity (Wildman–Crippen MR) is 148 cm³/mol. The van der Waals surface area contributed by atoms with Crippen LogP contribution < -0.4 is 10.1 Å². The molecule has 0 aliphatic carbocycles. The Kier molecular flexibility index (Phi) is 6.55. The fraction of sp³-hybridized carbons (Fsp3) is 0.161. The Morgan fingerprint density at radius 3 is 2.62 bits per heavy atom. The Morgan fingerprint density at radius 1 is 1.02 bits per heavy atom. The van der Waals surface area contributed by atoms with Crippen molar-refractivity contribution in [1.82, 2.24) is 19.2 Å². The molecule has 1 atom stereocenters. The molecule has 0 saturated carbocycles. The van der Waals surface area contributed by atoms with Crippen molar-refractivity contribution >= 4 is 11.7 Å². The normalized spacial score (nSPS) is 14.3. The number of fused-ring (bicyclic) bond motifs is 3. The van der Waals surface area contributed by atoms with Gasteiger partial charge in [0, 0.05) is 17.8 Å². The maximum absolute atomic E-state index is 14.6. The van der Waals surface area contributed by atoms with E-state index < -0.39 is 23.7 Å². The SMILES string of the molecule is CCc1nn(-c2ccccc2)c2c1CN(C(=O)Nc1cc(F)ccc1F)[C@@H](c1cccc(OC)c1)c1cccn1-2. The highest BCUT2D eigenvalue weighted by molar-refractivity contribution is 5.90. The summed E-state index contributed by atoms with van der Waals surface area (Å²) in [4.78, 5) is 15.6. The third kappa shape index (κ3) is 4.39. The fourth-order valence-corrected chi connectivity index (χ4v) is 5.29. The lowest BCUT2D eigenvalue weighted by Gasteiger charge is -2.31. The Balaban J connectivity index is 1.56. The lowest BCUT2D eigenvalue weighted by atomic mass is 10.0. The molecule has 5 aromatic rings. The van der Waals surface area contributed by atoms with Gasteiger partial charge in [-0.05, 0) is 60.5 Å². The summed E-state index contributed by atoms with van der Waals surface area (Å²) in [5.74, 6) is 0.0879. The molecule has 9 heteroatoms. The van der Waals surface area contributed by atoms with Gasteiger partial charge >= 0.3 is 6.03 Å². The molecule has 2 amide bonds. The average Bonchev–Trinajstić information content (AvgIpc) is 3.56. The quantitative estimate of drug-likeness (QED) is 0.272. The smallest absolute Gasteiger partial charge is 0.323 e. The maximum atomic E-state index is 14.6. The van der Waals surface area contributed by atoms with E-state index in [0.29, 0.717) is 12.2 Å². The summed E-state index contributed by atoms with van der Waals surface area (Å²) in [5.41, 5.74) is 3.96. The first-order valence-electron chi connectivity index (χ1n) is 13.0. The minimum absolute atomic E-state index is 0.178. The first-order chi connectivity index (χ1) is 19.5. The van der Waals surface area contributed by atoms with Crippen LogP contribution in [0.2, 0.25) is 0 Å². The number of benzene rings is 3. The lowest BCUT2D eigenvalue weighted by Crippen LogP contribution is -2.38. The van der Waals surface area contributed by atoms with E-state index in [1.807, 2.05) is 84.5 Å². The van der Waals surface area contributed by atoms with Crippen molar-refractivity contribution in [3.05, 3.63) is 125 Å². The molecule has 0 fully saturated rings. The molecule has 0 unspecified atom stereocenters. The molecule has 3 aromatic carbocycles. The van der Waals surface area contributed by atoms with Crippen molar-refractivity contribution in [2.45, 2.75) is 25.9 Å². The highest BCUT2D eigenvalue weighted by atomic mass is 19.1. The van der Waals surface area contributed by atoms with Crippen LogP contribution in [0, 0.1) is 11.6 Å². The van der Waals surface area contributed by atoms with Gasteiger partial charge in [-0.2, -0.15) is 5.10 Å². The number of carbonyl (C=O) groups excluding carboxylic acids is 1. The molecule has 2 aromatic heterocycles. The van der Waals surface area contributed by atoms with E-state index in [4.69, 9.17) is 9.84 Å². The van der Waals surface area contributed by atoms with Crippen LogP contribution in [0.15, 0.2) is 91.1 Å². The zero-order valence-electron chi connectivity index (χ0n) is 22.0. The van der Waals surface area contributed by atoms with Gasteiger partial charge in [-0.15, -0.1) is 0 Å². The summed E-state index contributed by atoms with van der Waals surface area (Å²) in [7, 11) is 1.59. The number of nitrogens with one attached hydrogen (secondary N) is 1. The number of carbonyl (C=O) groups is 1. The predicted octanol–water partition coefficient (Wildman–Crippen LogP) is 6.65. The third-order valence-corrected chi connectivity index (χ3v) is 7.14. The van der Waals surface area contributed by atoms with E-state index in [0.717, 1.165) is 52.2 Å². The molecule has 1 N–H and O–H groups in total. The monoisotopic (exact) mass is 539 g/mol. The molecule has 1 aliphatic heterocycles. The van der Waals surface area contributed by atoms with Gasteiger partial charge in [0.2, 0.25) is 0 Å². The van der Waals surface area contributed by atoms with Crippen molar-refractivity contribution in [2.24, 2.45) is 0 Å². The summed E-state index contributed by atoms with van der Waals surface area (Å²) in [5, 5.41) is 7.55. The number of aromatic nitrogens is 3. The van der Waals surface area contributed by atoms with Gasteiger partial charge in [-0.3, -0.25) is 0 Å². The molecular formula is C31H27F2N5O2. The summed E-state index contributed by atoms with van der Waals surface area (Å²) in [6.07, 6.45) is 2.59. The van der Waals surface area contributed by atoms with Gasteiger partial charge in [-0.1, -0.05) is 37.3 Å². The fourth-order valence-electron chi connectivity index (χ4n) is 5.29. The number of urea groups is 1. The zero-order chi connectivity index (χ0) is 27.8. The van der Waals surface area contributed by atoms with Crippen molar-refractivity contribution in [3.8, 4) is 17.3 Å². The van der Waals surface area contributed by atoms with Crippen LogP contribution in [0.1, 0.15) is 35.5 Å². The van der Waals surface area contributed by atoms with E-state index in [9.17, 15) is 13.6 Å². The second kappa shape index (κ2) is 10.3. The van der Waals surface area contributed by atoms with Crippen LogP contribution in [0.3, 0.4) is 0 Å². The topological polar surface area (TPSA) is 64.3 Å². The summed E-state index contributed by atoms with van der Waals surface area (Å²) in [6, 6.07) is 23.0. The zero-order valence-corrected chi connectivity index (χ0v) is 22.0. The number of methoxy groups -OCH3 is 1. The van der Waals surface area contributed by atoms with Gasteiger partial charge in [0.05, 0.1) is 42.5 Å². The van der Waals surface area contributed by atoms with E-state index in [1.54, 1.807) is 12.0 Å². The van der Waals surface area contributed by atoms with Gasteiger partial charge in [0.1, 0.15) is 23.2 Å². The van der Waals surface area contributed by atoms with Crippen LogP contribution in [0.4, 0.5) is 19.3 Å². The number of nitrogens with zero attached hydrogens (tertiary/aromatic N) is 4. The second-order valence-corrected chi connectivity index (χ2v) is 9.51. The highest BCUT2D eigenvalue weighted by Gasteiger charge is 2.36. The first kappa shape index (κ1) is 25.4. The molecule has 0 saturated heterocycles. The number of hydrogen-bond acceptors (Lipinski definition) is 3. The van der Waals surface area contributed by atoms with Crippen LogP contribution in [-0.4, -0.2) is 32.4 Å². The van der Waals surface area contributed by atoms with Crippen molar-refractivity contribution in [1.29, 1.82) is 0 Å². The van der Waals surface area contributed by atoms with Crippen LogP contribution in [0.25, 0.3) is 11.5 Å². The Morgan fingerprint density at radius 2 is 1.85 bits per heavy atom. The Hall–Kier alpha value is -4.92. The van der Waals surface area contributed by atoms with Crippen molar-refractivity contribution < 1.29 is 18.3 Å². The molecule has 7 nitrogen and oxygen atoms in total. The van der Waals surface area contributed by atoms with E-state index in [2.05, 4.69) is 9.88 Å². The minimum Gasteiger partial charge on any atom is -0.497 e. The lowest BCUT2D eigenvalue weighted by molar-refractivity contribution is 0.194. The van der Waals surface area contributed by atoms with Gasteiger partial charge < -0.3 is 19.5 Å². The first-order valence-corrected chi connectivity index (χ1v) is 13.0. The average molecular weight is 540 g/mol. The number of anilines is 1. The summed E-state index contributed by atoms with van der Waals surface area (Å²) >= 11 is 0. The second-order valence-electron chi connectivity index (χ2n) is 9.51. The van der Waals surface area contributed by atoms with E-state index in [-0.39, 0.29) is 12.2 Å². The minimum atomic E-state index is -0.724. The number of para-hydroxylation sites is 1. The third-order valence-electron chi connectivity index (χ3n) is 7.14. The number of hydrogen-bond donors (Lipinski definition) is 1. The molecule has 0 radical (unpaired) electrons. The van der Waals surface area contributed by atoms with E-state index in [1.165, 1.54) is 0 Å². The molecule has 1 aliphatic rings. The maximum Gasteiger partial charge on any atom is 0.323 e. The van der Waals surface area contributed by atoms with Crippen LogP contribution >= 0.6 is 0 Å². The molecule has 6 rings (SSSR count). The highest BCUT2D eigenvalue weighted by Crippen LogP contribution is 2.39. The number of rotatable bonds is 5. The number of aryl methyl sites for hydroxylation is 1. The standard InChI is InChI=1S/C31H27F2N5O2/c1-3-26-24-19-37(31(39)34-27-18-21(32)14-15-25(27)33)29(20-9-7-12-23(17-20)40-2)28-13-8-16-36(28)30(24)38(35-26)22-10-5-4-6-11-22/h4-18,29H,3,19H2,1-2H3,(H,34,39)/t29-/m0/s1. The molecule has 3 heterocycles. The number of halogens is 2. The number of amides is 2. The largest absolute Gasteiger partial charge is 0.497 e. The molecular weight excluding hydrogens is 512 g/mol. The van der Waals surface area contributed by atoms with Crippen LogP contribution in [-0.2, 0) is 13.0 Å². The van der Waals surface area contributed by atoms with E-state index >= 15 is 0 Å². The van der Waals surface area contributed by atoms with Crippen LogP contribution in [0.5, 0.6) is 5.75 Å².